The van der Waals surface area contributed by atoms with Crippen LogP contribution in [0.4, 0.5) is 17.5 Å². The fraction of sp³-hybridized carbons (Fsp3) is 0.125. The van der Waals surface area contributed by atoms with Crippen molar-refractivity contribution in [1.82, 2.24) is 9.97 Å². The van der Waals surface area contributed by atoms with Crippen molar-refractivity contribution in [3.63, 3.8) is 0 Å². The second-order valence-corrected chi connectivity index (χ2v) is 4.60. The molecule has 3 aromatic rings. The molecule has 0 aliphatic rings. The molecule has 0 saturated heterocycles. The van der Waals surface area contributed by atoms with Crippen LogP contribution in [0.5, 0.6) is 0 Å². The Morgan fingerprint density at radius 3 is 2.45 bits per heavy atom. The smallest absolute Gasteiger partial charge is 0.229 e. The van der Waals surface area contributed by atoms with Crippen molar-refractivity contribution in [2.75, 3.05) is 17.7 Å². The number of rotatable bonds is 3. The molecule has 2 N–H and O–H groups in total. The van der Waals surface area contributed by atoms with Gasteiger partial charge in [-0.05, 0) is 30.7 Å². The summed E-state index contributed by atoms with van der Waals surface area (Å²) in [7, 11) is 1.87. The maximum Gasteiger partial charge on any atom is 0.229 e. The Hall–Kier alpha value is -2.62. The number of anilines is 3. The van der Waals surface area contributed by atoms with Crippen LogP contribution in [0.15, 0.2) is 48.5 Å². The van der Waals surface area contributed by atoms with Gasteiger partial charge >= 0.3 is 0 Å². The number of aromatic nitrogens is 2. The van der Waals surface area contributed by atoms with E-state index in [1.54, 1.807) is 0 Å². The lowest BCUT2D eigenvalue weighted by atomic mass is 10.2. The Labute approximate surface area is 117 Å². The Kier molecular flexibility index (Phi) is 3.21. The number of para-hydroxylation sites is 2. The summed E-state index contributed by atoms with van der Waals surface area (Å²) in [5.74, 6) is 1.43. The van der Waals surface area contributed by atoms with Gasteiger partial charge in [0.15, 0.2) is 0 Å². The molecule has 0 aliphatic heterocycles. The van der Waals surface area contributed by atoms with Crippen molar-refractivity contribution in [2.45, 2.75) is 6.92 Å². The summed E-state index contributed by atoms with van der Waals surface area (Å²) >= 11 is 0. The van der Waals surface area contributed by atoms with Crippen LogP contribution < -0.4 is 10.6 Å². The van der Waals surface area contributed by atoms with Crippen LogP contribution in [0.25, 0.3) is 10.9 Å². The third-order valence-corrected chi connectivity index (χ3v) is 3.23. The van der Waals surface area contributed by atoms with Gasteiger partial charge in [-0.15, -0.1) is 0 Å². The molecule has 0 amide bonds. The zero-order chi connectivity index (χ0) is 13.9. The number of hydrogen-bond donors (Lipinski definition) is 2. The molecule has 2 aromatic carbocycles. The Bertz CT molecular complexity index is 752. The highest BCUT2D eigenvalue weighted by Crippen LogP contribution is 2.24. The molecule has 0 fully saturated rings. The fourth-order valence-corrected chi connectivity index (χ4v) is 2.16. The van der Waals surface area contributed by atoms with Crippen LogP contribution in [-0.4, -0.2) is 17.0 Å². The molecule has 0 aliphatic carbocycles. The van der Waals surface area contributed by atoms with Gasteiger partial charge in [-0.2, -0.15) is 4.98 Å². The lowest BCUT2D eigenvalue weighted by Crippen LogP contribution is -2.02. The van der Waals surface area contributed by atoms with E-state index in [1.807, 2.05) is 49.5 Å². The summed E-state index contributed by atoms with van der Waals surface area (Å²) in [6.07, 6.45) is 0. The third-order valence-electron chi connectivity index (χ3n) is 3.23. The van der Waals surface area contributed by atoms with Crippen LogP contribution in [-0.2, 0) is 0 Å². The molecule has 0 saturated carbocycles. The van der Waals surface area contributed by atoms with Crippen molar-refractivity contribution in [2.24, 2.45) is 0 Å². The second-order valence-electron chi connectivity index (χ2n) is 4.60. The lowest BCUT2D eigenvalue weighted by molar-refractivity contribution is 1.20. The van der Waals surface area contributed by atoms with Gasteiger partial charge in [0.25, 0.3) is 0 Å². The number of hydrogen-bond acceptors (Lipinski definition) is 4. The van der Waals surface area contributed by atoms with E-state index >= 15 is 0 Å². The molecule has 4 heteroatoms. The SMILES string of the molecule is CNc1nc(Nc2ccccc2C)nc2ccccc12. The van der Waals surface area contributed by atoms with E-state index in [2.05, 4.69) is 33.6 Å². The summed E-state index contributed by atoms with van der Waals surface area (Å²) in [5, 5.41) is 7.42. The van der Waals surface area contributed by atoms with Gasteiger partial charge in [0.1, 0.15) is 5.82 Å². The minimum Gasteiger partial charge on any atom is -0.372 e. The normalized spacial score (nSPS) is 10.5. The maximum absolute atomic E-state index is 4.56. The highest BCUT2D eigenvalue weighted by atomic mass is 15.1. The summed E-state index contributed by atoms with van der Waals surface area (Å²) in [4.78, 5) is 9.08. The number of benzene rings is 2. The molecule has 100 valence electrons. The highest BCUT2D eigenvalue weighted by Gasteiger charge is 2.07. The lowest BCUT2D eigenvalue weighted by Gasteiger charge is -2.11. The number of fused-ring (bicyclic) bond motifs is 1. The number of nitrogens with zero attached hydrogens (tertiary/aromatic N) is 2. The first-order valence-electron chi connectivity index (χ1n) is 6.55. The minimum absolute atomic E-state index is 0.599. The average molecular weight is 264 g/mol. The topological polar surface area (TPSA) is 49.8 Å². The zero-order valence-electron chi connectivity index (χ0n) is 11.5. The van der Waals surface area contributed by atoms with E-state index in [4.69, 9.17) is 0 Å². The Morgan fingerprint density at radius 2 is 1.65 bits per heavy atom. The molecule has 4 nitrogen and oxygen atoms in total. The molecule has 20 heavy (non-hydrogen) atoms. The highest BCUT2D eigenvalue weighted by molar-refractivity contribution is 5.90. The molecule has 0 atom stereocenters. The van der Waals surface area contributed by atoms with Crippen LogP contribution in [0, 0.1) is 6.92 Å². The van der Waals surface area contributed by atoms with Crippen molar-refractivity contribution >= 4 is 28.4 Å². The standard InChI is InChI=1S/C16H16N4/c1-11-7-3-5-9-13(11)18-16-19-14-10-6-4-8-12(14)15(17-2)20-16/h3-10H,1-2H3,(H2,17,18,19,20). The van der Waals surface area contributed by atoms with E-state index < -0.39 is 0 Å². The first-order valence-corrected chi connectivity index (χ1v) is 6.55. The summed E-state index contributed by atoms with van der Waals surface area (Å²) in [5.41, 5.74) is 3.10. The van der Waals surface area contributed by atoms with E-state index in [9.17, 15) is 0 Å². The van der Waals surface area contributed by atoms with Crippen molar-refractivity contribution in [3.05, 3.63) is 54.1 Å². The van der Waals surface area contributed by atoms with Crippen LogP contribution >= 0.6 is 0 Å². The second kappa shape index (κ2) is 5.17. The minimum atomic E-state index is 0.599. The first kappa shape index (κ1) is 12.4. The van der Waals surface area contributed by atoms with E-state index in [-0.39, 0.29) is 0 Å². The predicted octanol–water partition coefficient (Wildman–Crippen LogP) is 3.72. The molecule has 0 spiro atoms. The molecule has 1 heterocycles. The van der Waals surface area contributed by atoms with E-state index in [1.165, 1.54) is 0 Å². The van der Waals surface area contributed by atoms with Crippen LogP contribution in [0.1, 0.15) is 5.56 Å². The summed E-state index contributed by atoms with van der Waals surface area (Å²) < 4.78 is 0. The monoisotopic (exact) mass is 264 g/mol. The molecule has 0 unspecified atom stereocenters. The van der Waals surface area contributed by atoms with Gasteiger partial charge in [-0.1, -0.05) is 30.3 Å². The van der Waals surface area contributed by atoms with E-state index in [0.717, 1.165) is 28.0 Å². The van der Waals surface area contributed by atoms with Crippen LogP contribution in [0.2, 0.25) is 0 Å². The molecule has 1 aromatic heterocycles. The van der Waals surface area contributed by atoms with Gasteiger partial charge in [-0.3, -0.25) is 0 Å². The molecule has 0 bridgehead atoms. The van der Waals surface area contributed by atoms with Gasteiger partial charge in [-0.25, -0.2) is 4.98 Å². The van der Waals surface area contributed by atoms with Crippen molar-refractivity contribution < 1.29 is 0 Å². The predicted molar refractivity (Wildman–Crippen MR) is 83.5 cm³/mol. The quantitative estimate of drug-likeness (QED) is 0.757. The maximum atomic E-state index is 4.56. The van der Waals surface area contributed by atoms with Gasteiger partial charge in [0, 0.05) is 18.1 Å². The van der Waals surface area contributed by atoms with Crippen molar-refractivity contribution in [3.8, 4) is 0 Å². The largest absolute Gasteiger partial charge is 0.372 e. The summed E-state index contributed by atoms with van der Waals surface area (Å²) in [6, 6.07) is 16.1. The van der Waals surface area contributed by atoms with Gasteiger partial charge in [0.05, 0.1) is 5.52 Å². The Morgan fingerprint density at radius 1 is 0.900 bits per heavy atom. The van der Waals surface area contributed by atoms with Crippen molar-refractivity contribution in [1.29, 1.82) is 0 Å². The molecule has 0 radical (unpaired) electrons. The number of aryl methyl sites for hydroxylation is 1. The zero-order valence-corrected chi connectivity index (χ0v) is 11.5. The van der Waals surface area contributed by atoms with Crippen LogP contribution in [0.3, 0.4) is 0 Å². The van der Waals surface area contributed by atoms with Gasteiger partial charge in [0.2, 0.25) is 5.95 Å². The fourth-order valence-electron chi connectivity index (χ4n) is 2.16. The molecule has 3 rings (SSSR count). The Balaban J connectivity index is 2.06. The first-order chi connectivity index (χ1) is 9.78. The molecular weight excluding hydrogens is 248 g/mol. The molecular formula is C16H16N4. The third kappa shape index (κ3) is 2.28. The van der Waals surface area contributed by atoms with E-state index in [0.29, 0.717) is 5.95 Å². The summed E-state index contributed by atoms with van der Waals surface area (Å²) in [6.45, 7) is 2.06. The number of nitrogens with one attached hydrogen (secondary N) is 2. The average Bonchev–Trinajstić information content (AvgIpc) is 2.49. The van der Waals surface area contributed by atoms with Gasteiger partial charge < -0.3 is 10.6 Å².